The van der Waals surface area contributed by atoms with E-state index in [2.05, 4.69) is 43.3 Å². The van der Waals surface area contributed by atoms with Crippen LogP contribution in [0, 0.1) is 0 Å². The number of aryl methyl sites for hydroxylation is 1. The van der Waals surface area contributed by atoms with E-state index in [1.165, 1.54) is 48.8 Å². The van der Waals surface area contributed by atoms with Crippen LogP contribution in [0.5, 0.6) is 5.75 Å². The number of phenolic OH excluding ortho intramolecular Hbond substituents is 1. The predicted molar refractivity (Wildman–Crippen MR) is 87.8 cm³/mol. The van der Waals surface area contributed by atoms with Crippen LogP contribution in [0.25, 0.3) is 0 Å². The summed E-state index contributed by atoms with van der Waals surface area (Å²) in [5.74, 6) is 0.353. The Morgan fingerprint density at radius 1 is 0.810 bits per heavy atom. The second-order valence-electron chi connectivity index (χ2n) is 6.24. The van der Waals surface area contributed by atoms with Crippen LogP contribution in [0.3, 0.4) is 0 Å². The first-order valence-electron chi connectivity index (χ1n) is 8.13. The van der Waals surface area contributed by atoms with Crippen molar-refractivity contribution in [1.82, 2.24) is 0 Å². The first-order chi connectivity index (χ1) is 10.2. The van der Waals surface area contributed by atoms with Crippen molar-refractivity contribution >= 4 is 0 Å². The Morgan fingerprint density at radius 3 is 1.86 bits per heavy atom. The number of phenols is 1. The summed E-state index contributed by atoms with van der Waals surface area (Å²) in [5.41, 5.74) is 4.32. The molecule has 1 N–H and O–H groups in total. The summed E-state index contributed by atoms with van der Waals surface area (Å²) in [6.07, 6.45) is 7.43. The van der Waals surface area contributed by atoms with Crippen molar-refractivity contribution in [3.05, 3.63) is 65.2 Å². The van der Waals surface area contributed by atoms with Gasteiger partial charge in [0.2, 0.25) is 0 Å². The molecule has 1 aliphatic rings. The van der Waals surface area contributed by atoms with Crippen molar-refractivity contribution in [3.63, 3.8) is 0 Å². The van der Waals surface area contributed by atoms with Crippen LogP contribution in [0.2, 0.25) is 0 Å². The van der Waals surface area contributed by atoms with E-state index in [0.717, 1.165) is 6.42 Å². The molecule has 2 aromatic rings. The average molecular weight is 280 g/mol. The quantitative estimate of drug-likeness (QED) is 0.818. The van der Waals surface area contributed by atoms with Crippen LogP contribution in [-0.4, -0.2) is 5.11 Å². The molecule has 1 fully saturated rings. The summed E-state index contributed by atoms with van der Waals surface area (Å²) in [4.78, 5) is 0. The maximum atomic E-state index is 9.58. The Hall–Kier alpha value is -1.76. The van der Waals surface area contributed by atoms with Crippen LogP contribution >= 0.6 is 0 Å². The molecule has 21 heavy (non-hydrogen) atoms. The molecule has 0 amide bonds. The SMILES string of the molecule is CCc1ccc(C2(c3ccc(O)cc3)CCCCC2)cc1. The van der Waals surface area contributed by atoms with E-state index < -0.39 is 0 Å². The van der Waals surface area contributed by atoms with Gasteiger partial charge >= 0.3 is 0 Å². The number of hydrogen-bond donors (Lipinski definition) is 1. The first-order valence-corrected chi connectivity index (χ1v) is 8.13. The molecule has 1 saturated carbocycles. The maximum absolute atomic E-state index is 9.58. The topological polar surface area (TPSA) is 20.2 Å². The Kier molecular flexibility index (Phi) is 4.01. The lowest BCUT2D eigenvalue weighted by atomic mass is 9.65. The van der Waals surface area contributed by atoms with Gasteiger partial charge in [-0.3, -0.25) is 0 Å². The second kappa shape index (κ2) is 5.93. The van der Waals surface area contributed by atoms with Crippen LogP contribution in [0.15, 0.2) is 48.5 Å². The average Bonchev–Trinajstić information content (AvgIpc) is 2.56. The molecule has 1 aliphatic carbocycles. The molecule has 1 heteroatoms. The van der Waals surface area contributed by atoms with E-state index in [9.17, 15) is 5.11 Å². The third-order valence-corrected chi connectivity index (χ3v) is 5.04. The molecule has 3 rings (SSSR count). The van der Waals surface area contributed by atoms with Gasteiger partial charge in [0, 0.05) is 5.41 Å². The van der Waals surface area contributed by atoms with Gasteiger partial charge in [-0.1, -0.05) is 62.6 Å². The van der Waals surface area contributed by atoms with Crippen LogP contribution < -0.4 is 0 Å². The van der Waals surface area contributed by atoms with E-state index in [-0.39, 0.29) is 5.41 Å². The van der Waals surface area contributed by atoms with Crippen molar-refractivity contribution in [2.45, 2.75) is 50.9 Å². The monoisotopic (exact) mass is 280 g/mol. The Bertz CT molecular complexity index is 574. The highest BCUT2D eigenvalue weighted by Gasteiger charge is 2.35. The lowest BCUT2D eigenvalue weighted by molar-refractivity contribution is 0.345. The highest BCUT2D eigenvalue weighted by Crippen LogP contribution is 2.45. The molecule has 0 unspecified atom stereocenters. The van der Waals surface area contributed by atoms with Gasteiger partial charge in [0.1, 0.15) is 5.75 Å². The summed E-state index contributed by atoms with van der Waals surface area (Å²) < 4.78 is 0. The Labute approximate surface area is 127 Å². The number of rotatable bonds is 3. The third kappa shape index (κ3) is 2.70. The van der Waals surface area contributed by atoms with Crippen molar-refractivity contribution < 1.29 is 5.11 Å². The lowest BCUT2D eigenvalue weighted by Gasteiger charge is -2.38. The minimum Gasteiger partial charge on any atom is -0.508 e. The van der Waals surface area contributed by atoms with Gasteiger partial charge in [0.25, 0.3) is 0 Å². The molecule has 0 radical (unpaired) electrons. The summed E-state index contributed by atoms with van der Waals surface area (Å²) in [7, 11) is 0. The molecule has 0 heterocycles. The summed E-state index contributed by atoms with van der Waals surface area (Å²) in [5, 5.41) is 9.58. The van der Waals surface area contributed by atoms with Gasteiger partial charge in [0.15, 0.2) is 0 Å². The van der Waals surface area contributed by atoms with Gasteiger partial charge in [-0.15, -0.1) is 0 Å². The Balaban J connectivity index is 2.05. The normalized spacial score (nSPS) is 17.6. The fourth-order valence-electron chi connectivity index (χ4n) is 3.74. The van der Waals surface area contributed by atoms with E-state index >= 15 is 0 Å². The van der Waals surface area contributed by atoms with Gasteiger partial charge in [-0.25, -0.2) is 0 Å². The third-order valence-electron chi connectivity index (χ3n) is 5.04. The molecule has 110 valence electrons. The van der Waals surface area contributed by atoms with Gasteiger partial charge < -0.3 is 5.11 Å². The molecule has 2 aromatic carbocycles. The molecule has 0 spiro atoms. The lowest BCUT2D eigenvalue weighted by Crippen LogP contribution is -2.30. The minimum absolute atomic E-state index is 0.137. The second-order valence-corrected chi connectivity index (χ2v) is 6.24. The van der Waals surface area contributed by atoms with Gasteiger partial charge in [0.05, 0.1) is 0 Å². The minimum atomic E-state index is 0.137. The van der Waals surface area contributed by atoms with E-state index in [1.807, 2.05) is 12.1 Å². The van der Waals surface area contributed by atoms with Crippen molar-refractivity contribution in [2.24, 2.45) is 0 Å². The molecule has 1 nitrogen and oxygen atoms in total. The highest BCUT2D eigenvalue weighted by atomic mass is 16.3. The fourth-order valence-corrected chi connectivity index (χ4v) is 3.74. The Morgan fingerprint density at radius 2 is 1.33 bits per heavy atom. The molecule has 0 saturated heterocycles. The number of hydrogen-bond acceptors (Lipinski definition) is 1. The fraction of sp³-hybridized carbons (Fsp3) is 0.400. The first kappa shape index (κ1) is 14.2. The van der Waals surface area contributed by atoms with Crippen molar-refractivity contribution in [3.8, 4) is 5.75 Å². The molecular formula is C20H24O. The predicted octanol–water partition coefficient (Wildman–Crippen LogP) is 5.20. The standard InChI is InChI=1S/C20H24O/c1-2-16-6-8-17(9-7-16)20(14-4-3-5-15-20)18-10-12-19(21)13-11-18/h6-13,21H,2-5,14-15H2,1H3. The number of benzene rings is 2. The summed E-state index contributed by atoms with van der Waals surface area (Å²) in [6, 6.07) is 17.0. The van der Waals surface area contributed by atoms with Gasteiger partial charge in [-0.2, -0.15) is 0 Å². The van der Waals surface area contributed by atoms with Crippen molar-refractivity contribution in [1.29, 1.82) is 0 Å². The largest absolute Gasteiger partial charge is 0.508 e. The summed E-state index contributed by atoms with van der Waals surface area (Å²) in [6.45, 7) is 2.20. The van der Waals surface area contributed by atoms with E-state index in [1.54, 1.807) is 0 Å². The zero-order valence-corrected chi connectivity index (χ0v) is 12.8. The molecule has 0 bridgehead atoms. The molecule has 0 atom stereocenters. The zero-order chi connectivity index (χ0) is 14.7. The van der Waals surface area contributed by atoms with Crippen molar-refractivity contribution in [2.75, 3.05) is 0 Å². The van der Waals surface area contributed by atoms with Gasteiger partial charge in [-0.05, 0) is 48.1 Å². The summed E-state index contributed by atoms with van der Waals surface area (Å²) >= 11 is 0. The maximum Gasteiger partial charge on any atom is 0.115 e. The smallest absolute Gasteiger partial charge is 0.115 e. The number of aromatic hydroxyl groups is 1. The molecule has 0 aliphatic heterocycles. The van der Waals surface area contributed by atoms with E-state index in [4.69, 9.17) is 0 Å². The molecular weight excluding hydrogens is 256 g/mol. The molecule has 0 aromatic heterocycles. The highest BCUT2D eigenvalue weighted by molar-refractivity contribution is 5.42. The van der Waals surface area contributed by atoms with E-state index in [0.29, 0.717) is 5.75 Å². The van der Waals surface area contributed by atoms with Crippen LogP contribution in [0.1, 0.15) is 55.7 Å². The van der Waals surface area contributed by atoms with Crippen LogP contribution in [0.4, 0.5) is 0 Å². The zero-order valence-electron chi connectivity index (χ0n) is 12.8. The van der Waals surface area contributed by atoms with Crippen LogP contribution in [-0.2, 0) is 11.8 Å².